The number of hydrogen-bond acceptors (Lipinski definition) is 3. The van der Waals surface area contributed by atoms with E-state index in [2.05, 4.69) is 10.1 Å². The van der Waals surface area contributed by atoms with E-state index in [0.29, 0.717) is 0 Å². The lowest BCUT2D eigenvalue weighted by Gasteiger charge is -1.81. The molecule has 46 valence electrons. The molecule has 2 aromatic heterocycles. The number of aromatic nitrogens is 3. The van der Waals surface area contributed by atoms with Gasteiger partial charge in [0, 0.05) is 7.05 Å². The van der Waals surface area contributed by atoms with Crippen LogP contribution < -0.4 is 0 Å². The predicted molar refractivity (Wildman–Crippen MR) is 30.8 cm³/mol. The van der Waals surface area contributed by atoms with E-state index in [1.165, 1.54) is 6.39 Å². The van der Waals surface area contributed by atoms with Crippen LogP contribution in [0.4, 0.5) is 0 Å². The van der Waals surface area contributed by atoms with E-state index < -0.39 is 0 Å². The van der Waals surface area contributed by atoms with Gasteiger partial charge in [0.25, 0.3) is 0 Å². The van der Waals surface area contributed by atoms with Crippen LogP contribution in [0.2, 0.25) is 0 Å². The summed E-state index contributed by atoms with van der Waals surface area (Å²) in [6.45, 7) is 0. The van der Waals surface area contributed by atoms with Crippen molar-refractivity contribution in [3.63, 3.8) is 0 Å². The number of nitrogens with zero attached hydrogens (tertiary/aromatic N) is 3. The standard InChI is InChI=1S/C5H5N3O/c1-8-5-4(2-7-8)6-3-9-5/h2-3H,1H3. The molecule has 0 bridgehead atoms. The van der Waals surface area contributed by atoms with Crippen LogP contribution in [0.1, 0.15) is 0 Å². The van der Waals surface area contributed by atoms with Crippen LogP contribution in [0.25, 0.3) is 11.2 Å². The van der Waals surface area contributed by atoms with E-state index in [1.807, 2.05) is 7.05 Å². The maximum absolute atomic E-state index is 4.98. The number of hydrogen-bond donors (Lipinski definition) is 0. The summed E-state index contributed by atoms with van der Waals surface area (Å²) in [7, 11) is 1.81. The third-order valence-electron chi connectivity index (χ3n) is 1.22. The first-order valence-corrected chi connectivity index (χ1v) is 2.59. The fourth-order valence-electron chi connectivity index (χ4n) is 0.773. The maximum atomic E-state index is 4.98. The normalized spacial score (nSPS) is 10.8. The van der Waals surface area contributed by atoms with Gasteiger partial charge in [0.15, 0.2) is 6.39 Å². The number of fused-ring (bicyclic) bond motifs is 1. The van der Waals surface area contributed by atoms with Crippen molar-refractivity contribution in [2.24, 2.45) is 7.05 Å². The minimum Gasteiger partial charge on any atom is -0.425 e. The number of oxazole rings is 1. The van der Waals surface area contributed by atoms with E-state index in [4.69, 9.17) is 4.42 Å². The minimum atomic E-state index is 0.718. The molecule has 2 rings (SSSR count). The van der Waals surface area contributed by atoms with Crippen LogP contribution >= 0.6 is 0 Å². The Balaban J connectivity index is 2.99. The van der Waals surface area contributed by atoms with E-state index in [0.717, 1.165) is 11.2 Å². The highest BCUT2D eigenvalue weighted by Gasteiger charge is 2.00. The Labute approximate surface area is 51.1 Å². The molecule has 0 aliphatic rings. The highest BCUT2D eigenvalue weighted by molar-refractivity contribution is 5.66. The molecular formula is C5H5N3O. The van der Waals surface area contributed by atoms with Crippen LogP contribution in [0.3, 0.4) is 0 Å². The molecule has 0 amide bonds. The zero-order valence-electron chi connectivity index (χ0n) is 4.90. The molecule has 0 N–H and O–H groups in total. The van der Waals surface area contributed by atoms with Crippen LogP contribution in [-0.4, -0.2) is 14.8 Å². The molecule has 9 heavy (non-hydrogen) atoms. The molecule has 0 atom stereocenters. The van der Waals surface area contributed by atoms with Crippen molar-refractivity contribution in [2.75, 3.05) is 0 Å². The van der Waals surface area contributed by atoms with Crippen molar-refractivity contribution >= 4 is 11.2 Å². The summed E-state index contributed by atoms with van der Waals surface area (Å²) in [4.78, 5) is 3.89. The van der Waals surface area contributed by atoms with Crippen LogP contribution in [-0.2, 0) is 7.05 Å². The predicted octanol–water partition coefficient (Wildman–Crippen LogP) is 0.561. The van der Waals surface area contributed by atoms with E-state index in [-0.39, 0.29) is 0 Å². The first-order valence-electron chi connectivity index (χ1n) is 2.59. The molecular weight excluding hydrogens is 118 g/mol. The SMILES string of the molecule is Cn1ncc2ncoc21. The Kier molecular flexibility index (Phi) is 0.677. The van der Waals surface area contributed by atoms with Crippen molar-refractivity contribution in [1.82, 2.24) is 14.8 Å². The molecule has 0 saturated heterocycles. The average Bonchev–Trinajstić information content (AvgIpc) is 2.35. The van der Waals surface area contributed by atoms with Crippen molar-refractivity contribution in [1.29, 1.82) is 0 Å². The summed E-state index contributed by atoms with van der Waals surface area (Å²) in [5, 5.41) is 3.92. The third-order valence-corrected chi connectivity index (χ3v) is 1.22. The molecule has 0 fully saturated rings. The summed E-state index contributed by atoms with van der Waals surface area (Å²) in [5.41, 5.74) is 1.52. The van der Waals surface area contributed by atoms with Gasteiger partial charge in [0.05, 0.1) is 6.20 Å². The molecule has 4 heteroatoms. The molecule has 0 radical (unpaired) electrons. The number of aryl methyl sites for hydroxylation is 1. The summed E-state index contributed by atoms with van der Waals surface area (Å²) in [6, 6.07) is 0. The van der Waals surface area contributed by atoms with Crippen molar-refractivity contribution in [2.45, 2.75) is 0 Å². The minimum absolute atomic E-state index is 0.718. The second-order valence-electron chi connectivity index (χ2n) is 1.81. The van der Waals surface area contributed by atoms with Crippen LogP contribution in [0.5, 0.6) is 0 Å². The molecule has 2 aromatic rings. The fourth-order valence-corrected chi connectivity index (χ4v) is 0.773. The maximum Gasteiger partial charge on any atom is 0.245 e. The van der Waals surface area contributed by atoms with E-state index in [1.54, 1.807) is 10.9 Å². The zero-order valence-corrected chi connectivity index (χ0v) is 4.90. The molecule has 0 saturated carbocycles. The summed E-state index contributed by atoms with van der Waals surface area (Å²) >= 11 is 0. The van der Waals surface area contributed by atoms with Gasteiger partial charge < -0.3 is 4.42 Å². The topological polar surface area (TPSA) is 43.9 Å². The highest BCUT2D eigenvalue weighted by Crippen LogP contribution is 2.07. The summed E-state index contributed by atoms with van der Waals surface area (Å²) < 4.78 is 6.62. The zero-order chi connectivity index (χ0) is 6.27. The van der Waals surface area contributed by atoms with Gasteiger partial charge in [-0.1, -0.05) is 0 Å². The largest absolute Gasteiger partial charge is 0.425 e. The Morgan fingerprint density at radius 3 is 3.33 bits per heavy atom. The van der Waals surface area contributed by atoms with Gasteiger partial charge in [0.2, 0.25) is 5.71 Å². The number of rotatable bonds is 0. The van der Waals surface area contributed by atoms with Gasteiger partial charge in [-0.3, -0.25) is 0 Å². The van der Waals surface area contributed by atoms with Crippen LogP contribution in [0.15, 0.2) is 17.0 Å². The smallest absolute Gasteiger partial charge is 0.245 e. The van der Waals surface area contributed by atoms with Crippen LogP contribution in [0, 0.1) is 0 Å². The van der Waals surface area contributed by atoms with E-state index >= 15 is 0 Å². The van der Waals surface area contributed by atoms with Crippen molar-refractivity contribution in [3.8, 4) is 0 Å². The van der Waals surface area contributed by atoms with Crippen molar-refractivity contribution < 1.29 is 4.42 Å². The first kappa shape index (κ1) is 4.55. The third kappa shape index (κ3) is 0.468. The van der Waals surface area contributed by atoms with Gasteiger partial charge in [-0.2, -0.15) is 5.10 Å². The van der Waals surface area contributed by atoms with Gasteiger partial charge >= 0.3 is 0 Å². The van der Waals surface area contributed by atoms with Gasteiger partial charge in [-0.15, -0.1) is 0 Å². The van der Waals surface area contributed by atoms with Crippen molar-refractivity contribution in [3.05, 3.63) is 12.6 Å². The van der Waals surface area contributed by atoms with Gasteiger partial charge in [-0.05, 0) is 0 Å². The van der Waals surface area contributed by atoms with E-state index in [9.17, 15) is 0 Å². The molecule has 0 aromatic carbocycles. The molecule has 0 aliphatic carbocycles. The molecule has 0 spiro atoms. The Hall–Kier alpha value is -1.32. The Morgan fingerprint density at radius 2 is 2.56 bits per heavy atom. The quantitative estimate of drug-likeness (QED) is 0.514. The monoisotopic (exact) mass is 123 g/mol. The van der Waals surface area contributed by atoms with Gasteiger partial charge in [0.1, 0.15) is 5.52 Å². The van der Waals surface area contributed by atoms with Gasteiger partial charge in [-0.25, -0.2) is 9.67 Å². The molecule has 4 nitrogen and oxygen atoms in total. The molecule has 0 unspecified atom stereocenters. The fraction of sp³-hybridized carbons (Fsp3) is 0.200. The Morgan fingerprint density at radius 1 is 1.67 bits per heavy atom. The lowest BCUT2D eigenvalue weighted by Crippen LogP contribution is -1.86. The average molecular weight is 123 g/mol. The molecule has 0 aliphatic heterocycles. The highest BCUT2D eigenvalue weighted by atomic mass is 16.3. The lowest BCUT2D eigenvalue weighted by atomic mass is 10.6. The first-order chi connectivity index (χ1) is 4.38. The lowest BCUT2D eigenvalue weighted by molar-refractivity contribution is 0.557. The second-order valence-corrected chi connectivity index (χ2v) is 1.81. The molecule has 2 heterocycles. The summed E-state index contributed by atoms with van der Waals surface area (Å²) in [5.74, 6) is 0. The summed E-state index contributed by atoms with van der Waals surface area (Å²) in [6.07, 6.45) is 3.07. The second kappa shape index (κ2) is 1.34. The Bertz CT molecular complexity index is 321.